The smallest absolute Gasteiger partial charge is 0.337 e. The van der Waals surface area contributed by atoms with Crippen molar-refractivity contribution in [3.05, 3.63) is 65.7 Å². The molecule has 0 aliphatic carbocycles. The summed E-state index contributed by atoms with van der Waals surface area (Å²) in [5, 5.41) is 2.82. The summed E-state index contributed by atoms with van der Waals surface area (Å²) in [6.45, 7) is 2.85. The van der Waals surface area contributed by atoms with E-state index in [1.807, 2.05) is 49.4 Å². The maximum absolute atomic E-state index is 12.3. The Morgan fingerprint density at radius 1 is 1.04 bits per heavy atom. The van der Waals surface area contributed by atoms with E-state index in [4.69, 9.17) is 0 Å². The molecule has 0 saturated heterocycles. The molecule has 0 aliphatic rings. The molecule has 2 aromatic rings. The van der Waals surface area contributed by atoms with Crippen molar-refractivity contribution in [2.75, 3.05) is 18.6 Å². The lowest BCUT2D eigenvalue weighted by Gasteiger charge is -2.23. The Bertz CT molecular complexity index is 654. The summed E-state index contributed by atoms with van der Waals surface area (Å²) < 4.78 is 4.68. The molecule has 120 valence electrons. The maximum Gasteiger partial charge on any atom is 0.337 e. The molecule has 23 heavy (non-hydrogen) atoms. The molecule has 2 rings (SSSR count). The van der Waals surface area contributed by atoms with Crippen molar-refractivity contribution < 1.29 is 14.3 Å². The Morgan fingerprint density at radius 3 is 2.26 bits per heavy atom. The number of para-hydroxylation sites is 1. The Labute approximate surface area is 135 Å². The van der Waals surface area contributed by atoms with Crippen molar-refractivity contribution in [3.63, 3.8) is 0 Å². The highest BCUT2D eigenvalue weighted by Gasteiger charge is 2.15. The number of carbonyl (C=O) groups is 2. The van der Waals surface area contributed by atoms with Crippen LogP contribution in [-0.2, 0) is 11.3 Å². The third-order valence-corrected chi connectivity index (χ3v) is 3.36. The number of methoxy groups -OCH3 is 1. The largest absolute Gasteiger partial charge is 0.465 e. The Balaban J connectivity index is 2.20. The van der Waals surface area contributed by atoms with Crippen molar-refractivity contribution in [1.29, 1.82) is 0 Å². The molecule has 0 heterocycles. The van der Waals surface area contributed by atoms with Crippen LogP contribution in [0.3, 0.4) is 0 Å². The first-order valence-electron chi connectivity index (χ1n) is 7.43. The van der Waals surface area contributed by atoms with E-state index in [9.17, 15) is 9.59 Å². The van der Waals surface area contributed by atoms with Crippen LogP contribution in [0.15, 0.2) is 54.6 Å². The SMILES string of the molecule is CCNC(=O)N(Cc1ccc(C(=O)OC)cc1)c1ccccc1. The average molecular weight is 312 g/mol. The second-order valence-electron chi connectivity index (χ2n) is 4.95. The van der Waals surface area contributed by atoms with Crippen LogP contribution < -0.4 is 10.2 Å². The molecule has 0 aromatic heterocycles. The highest BCUT2D eigenvalue weighted by atomic mass is 16.5. The second kappa shape index (κ2) is 7.98. The summed E-state index contributed by atoms with van der Waals surface area (Å²) in [4.78, 5) is 25.4. The minimum atomic E-state index is -0.375. The summed E-state index contributed by atoms with van der Waals surface area (Å²) in [5.74, 6) is -0.375. The molecule has 0 bridgehead atoms. The minimum absolute atomic E-state index is 0.157. The quantitative estimate of drug-likeness (QED) is 0.863. The van der Waals surface area contributed by atoms with E-state index in [1.54, 1.807) is 17.0 Å². The van der Waals surface area contributed by atoms with Gasteiger partial charge in [0, 0.05) is 12.2 Å². The van der Waals surface area contributed by atoms with E-state index in [-0.39, 0.29) is 12.0 Å². The molecule has 0 unspecified atom stereocenters. The normalized spacial score (nSPS) is 10.0. The summed E-state index contributed by atoms with van der Waals surface area (Å²) in [6.07, 6.45) is 0. The van der Waals surface area contributed by atoms with Gasteiger partial charge in [0.2, 0.25) is 0 Å². The Kier molecular flexibility index (Phi) is 5.74. The van der Waals surface area contributed by atoms with Gasteiger partial charge < -0.3 is 10.1 Å². The van der Waals surface area contributed by atoms with Crippen LogP contribution in [0.5, 0.6) is 0 Å². The fraction of sp³-hybridized carbons (Fsp3) is 0.222. The van der Waals surface area contributed by atoms with Gasteiger partial charge in [-0.25, -0.2) is 9.59 Å². The van der Waals surface area contributed by atoms with Crippen molar-refractivity contribution in [2.24, 2.45) is 0 Å². The first-order valence-corrected chi connectivity index (χ1v) is 7.43. The first kappa shape index (κ1) is 16.5. The number of rotatable bonds is 5. The average Bonchev–Trinajstić information content (AvgIpc) is 2.60. The lowest BCUT2D eigenvalue weighted by Crippen LogP contribution is -2.39. The number of carbonyl (C=O) groups excluding carboxylic acids is 2. The van der Waals surface area contributed by atoms with Crippen molar-refractivity contribution in [3.8, 4) is 0 Å². The van der Waals surface area contributed by atoms with Gasteiger partial charge in [0.25, 0.3) is 0 Å². The number of hydrogen-bond donors (Lipinski definition) is 1. The van der Waals surface area contributed by atoms with Gasteiger partial charge in [-0.15, -0.1) is 0 Å². The number of anilines is 1. The molecular formula is C18H20N2O3. The molecule has 0 radical (unpaired) electrons. The van der Waals surface area contributed by atoms with Crippen LogP contribution in [0.1, 0.15) is 22.8 Å². The fourth-order valence-electron chi connectivity index (χ4n) is 2.18. The van der Waals surface area contributed by atoms with Crippen molar-refractivity contribution >= 4 is 17.7 Å². The van der Waals surface area contributed by atoms with Gasteiger partial charge >= 0.3 is 12.0 Å². The zero-order chi connectivity index (χ0) is 16.7. The number of benzene rings is 2. The van der Waals surface area contributed by atoms with Crippen LogP contribution in [-0.4, -0.2) is 25.7 Å². The molecule has 5 nitrogen and oxygen atoms in total. The molecule has 0 saturated carbocycles. The monoisotopic (exact) mass is 312 g/mol. The Morgan fingerprint density at radius 2 is 1.70 bits per heavy atom. The number of ether oxygens (including phenoxy) is 1. The molecule has 0 aliphatic heterocycles. The summed E-state index contributed by atoms with van der Waals surface area (Å²) in [6, 6.07) is 16.3. The van der Waals surface area contributed by atoms with E-state index in [0.29, 0.717) is 18.7 Å². The number of hydrogen-bond acceptors (Lipinski definition) is 3. The van der Waals surface area contributed by atoms with Gasteiger partial charge in [0.15, 0.2) is 0 Å². The van der Waals surface area contributed by atoms with Gasteiger partial charge in [-0.3, -0.25) is 4.90 Å². The predicted octanol–water partition coefficient (Wildman–Crippen LogP) is 3.21. The van der Waals surface area contributed by atoms with Gasteiger partial charge in [0.1, 0.15) is 0 Å². The van der Waals surface area contributed by atoms with E-state index < -0.39 is 0 Å². The number of urea groups is 1. The molecule has 2 amide bonds. The van der Waals surface area contributed by atoms with E-state index in [1.165, 1.54) is 7.11 Å². The maximum atomic E-state index is 12.3. The van der Waals surface area contributed by atoms with E-state index in [2.05, 4.69) is 10.1 Å². The summed E-state index contributed by atoms with van der Waals surface area (Å²) in [5.41, 5.74) is 2.23. The molecule has 0 spiro atoms. The zero-order valence-corrected chi connectivity index (χ0v) is 13.3. The van der Waals surface area contributed by atoms with Gasteiger partial charge in [-0.2, -0.15) is 0 Å². The second-order valence-corrected chi connectivity index (χ2v) is 4.95. The van der Waals surface area contributed by atoms with Gasteiger partial charge in [-0.05, 0) is 36.8 Å². The fourth-order valence-corrected chi connectivity index (χ4v) is 2.18. The highest BCUT2D eigenvalue weighted by molar-refractivity contribution is 5.92. The number of esters is 1. The number of nitrogens with one attached hydrogen (secondary N) is 1. The van der Waals surface area contributed by atoms with E-state index in [0.717, 1.165) is 11.3 Å². The van der Waals surface area contributed by atoms with Crippen molar-refractivity contribution in [1.82, 2.24) is 5.32 Å². The van der Waals surface area contributed by atoms with E-state index >= 15 is 0 Å². The number of amides is 2. The molecule has 5 heteroatoms. The third kappa shape index (κ3) is 4.32. The third-order valence-electron chi connectivity index (χ3n) is 3.36. The van der Waals surface area contributed by atoms with Crippen LogP contribution >= 0.6 is 0 Å². The minimum Gasteiger partial charge on any atom is -0.465 e. The van der Waals surface area contributed by atoms with Gasteiger partial charge in [-0.1, -0.05) is 30.3 Å². The Hall–Kier alpha value is -2.82. The zero-order valence-electron chi connectivity index (χ0n) is 13.3. The summed E-state index contributed by atoms with van der Waals surface area (Å²) in [7, 11) is 1.35. The van der Waals surface area contributed by atoms with Gasteiger partial charge in [0.05, 0.1) is 19.2 Å². The first-order chi connectivity index (χ1) is 11.2. The number of nitrogens with zero attached hydrogens (tertiary/aromatic N) is 1. The van der Waals surface area contributed by atoms with Crippen LogP contribution in [0.2, 0.25) is 0 Å². The summed E-state index contributed by atoms with van der Waals surface area (Å²) >= 11 is 0. The highest BCUT2D eigenvalue weighted by Crippen LogP contribution is 2.17. The molecule has 2 aromatic carbocycles. The lowest BCUT2D eigenvalue weighted by molar-refractivity contribution is 0.0600. The molecule has 1 N–H and O–H groups in total. The van der Waals surface area contributed by atoms with Crippen LogP contribution in [0.4, 0.5) is 10.5 Å². The topological polar surface area (TPSA) is 58.6 Å². The molecule has 0 fully saturated rings. The molecular weight excluding hydrogens is 292 g/mol. The lowest BCUT2D eigenvalue weighted by atomic mass is 10.1. The molecule has 0 atom stereocenters. The van der Waals surface area contributed by atoms with Crippen molar-refractivity contribution in [2.45, 2.75) is 13.5 Å². The van der Waals surface area contributed by atoms with Crippen LogP contribution in [0.25, 0.3) is 0 Å². The standard InChI is InChI=1S/C18H20N2O3/c1-3-19-18(22)20(16-7-5-4-6-8-16)13-14-9-11-15(12-10-14)17(21)23-2/h4-12H,3,13H2,1-2H3,(H,19,22). The van der Waals surface area contributed by atoms with Crippen LogP contribution in [0, 0.1) is 0 Å². The predicted molar refractivity (Wildman–Crippen MR) is 89.5 cm³/mol.